The Morgan fingerprint density at radius 3 is 2.47 bits per heavy atom. The van der Waals surface area contributed by atoms with Crippen LogP contribution in [0.15, 0.2) is 18.5 Å². The number of aromatic nitrogens is 2. The van der Waals surface area contributed by atoms with Crippen molar-refractivity contribution in [2.45, 2.75) is 19.4 Å². The quantitative estimate of drug-likeness (QED) is 0.773. The Hall–Kier alpha value is -1.67. The Balaban J connectivity index is 1.93. The molecular weight excluding hydrogens is 214 g/mol. The second kappa shape index (κ2) is 5.60. The Kier molecular flexibility index (Phi) is 3.89. The molecule has 0 saturated carbocycles. The van der Waals surface area contributed by atoms with Crippen LogP contribution in [0.5, 0.6) is 0 Å². The lowest BCUT2D eigenvalue weighted by Crippen LogP contribution is -2.50. The predicted octanol–water partition coefficient (Wildman–Crippen LogP) is 0.901. The SMILES string of the molecule is CCC(C#N)N1CCN(c2ncccn2)CC1. The van der Waals surface area contributed by atoms with E-state index in [0.29, 0.717) is 0 Å². The van der Waals surface area contributed by atoms with Crippen LogP contribution in [0.2, 0.25) is 0 Å². The van der Waals surface area contributed by atoms with E-state index < -0.39 is 0 Å². The summed E-state index contributed by atoms with van der Waals surface area (Å²) in [5.74, 6) is 0.789. The molecule has 5 heteroatoms. The van der Waals surface area contributed by atoms with Gasteiger partial charge in [-0.2, -0.15) is 5.26 Å². The maximum absolute atomic E-state index is 9.03. The van der Waals surface area contributed by atoms with Gasteiger partial charge in [-0.1, -0.05) is 6.92 Å². The number of nitriles is 1. The standard InChI is InChI=1S/C12H17N5/c1-2-11(10-13)16-6-8-17(9-7-16)12-14-4-3-5-15-12/h3-5,11H,2,6-9H2,1H3. The molecule has 0 aliphatic carbocycles. The van der Waals surface area contributed by atoms with Crippen molar-refractivity contribution < 1.29 is 0 Å². The highest BCUT2D eigenvalue weighted by Crippen LogP contribution is 2.12. The third-order valence-electron chi connectivity index (χ3n) is 3.13. The van der Waals surface area contributed by atoms with Crippen molar-refractivity contribution in [3.05, 3.63) is 18.5 Å². The van der Waals surface area contributed by atoms with E-state index in [1.54, 1.807) is 12.4 Å². The monoisotopic (exact) mass is 231 g/mol. The van der Waals surface area contributed by atoms with Crippen LogP contribution in [0.4, 0.5) is 5.95 Å². The maximum atomic E-state index is 9.03. The molecule has 1 atom stereocenters. The molecule has 0 radical (unpaired) electrons. The molecule has 1 fully saturated rings. The summed E-state index contributed by atoms with van der Waals surface area (Å²) in [7, 11) is 0. The lowest BCUT2D eigenvalue weighted by atomic mass is 10.2. The average molecular weight is 231 g/mol. The summed E-state index contributed by atoms with van der Waals surface area (Å²) >= 11 is 0. The van der Waals surface area contributed by atoms with Gasteiger partial charge in [0.05, 0.1) is 12.1 Å². The summed E-state index contributed by atoms with van der Waals surface area (Å²) in [6.45, 7) is 5.65. The molecule has 0 bridgehead atoms. The molecule has 1 aromatic rings. The van der Waals surface area contributed by atoms with Crippen LogP contribution in [0.25, 0.3) is 0 Å². The highest BCUT2D eigenvalue weighted by atomic mass is 15.3. The van der Waals surface area contributed by atoms with Crippen LogP contribution < -0.4 is 4.90 Å². The van der Waals surface area contributed by atoms with Crippen LogP contribution in [-0.2, 0) is 0 Å². The summed E-state index contributed by atoms with van der Waals surface area (Å²) in [5.41, 5.74) is 0. The summed E-state index contributed by atoms with van der Waals surface area (Å²) in [6, 6.07) is 4.22. The molecule has 2 rings (SSSR count). The van der Waals surface area contributed by atoms with Crippen molar-refractivity contribution in [1.29, 1.82) is 5.26 Å². The summed E-state index contributed by atoms with van der Waals surface area (Å²) in [4.78, 5) is 12.9. The van der Waals surface area contributed by atoms with Gasteiger partial charge in [-0.15, -0.1) is 0 Å². The van der Waals surface area contributed by atoms with E-state index in [9.17, 15) is 0 Å². The minimum absolute atomic E-state index is 0.0499. The van der Waals surface area contributed by atoms with Crippen LogP contribution in [0, 0.1) is 11.3 Å². The second-order valence-corrected chi connectivity index (χ2v) is 4.12. The molecular formula is C12H17N5. The van der Waals surface area contributed by atoms with E-state index in [-0.39, 0.29) is 6.04 Å². The zero-order chi connectivity index (χ0) is 12.1. The van der Waals surface area contributed by atoms with Crippen molar-refractivity contribution >= 4 is 5.95 Å². The average Bonchev–Trinajstić information content (AvgIpc) is 2.42. The first kappa shape index (κ1) is 11.8. The molecule has 1 aromatic heterocycles. The van der Waals surface area contributed by atoms with Gasteiger partial charge >= 0.3 is 0 Å². The van der Waals surface area contributed by atoms with E-state index in [4.69, 9.17) is 5.26 Å². The molecule has 1 saturated heterocycles. The molecule has 90 valence electrons. The van der Waals surface area contributed by atoms with Crippen molar-refractivity contribution in [3.8, 4) is 6.07 Å². The third-order valence-corrected chi connectivity index (χ3v) is 3.13. The Bertz CT molecular complexity index is 378. The summed E-state index contributed by atoms with van der Waals surface area (Å²) in [6.07, 6.45) is 4.41. The lowest BCUT2D eigenvalue weighted by molar-refractivity contribution is 0.215. The van der Waals surface area contributed by atoms with E-state index >= 15 is 0 Å². The number of hydrogen-bond donors (Lipinski definition) is 0. The van der Waals surface area contributed by atoms with Crippen molar-refractivity contribution in [2.24, 2.45) is 0 Å². The highest BCUT2D eigenvalue weighted by Gasteiger charge is 2.23. The third kappa shape index (κ3) is 2.71. The molecule has 5 nitrogen and oxygen atoms in total. The topological polar surface area (TPSA) is 56.1 Å². The molecule has 0 spiro atoms. The molecule has 0 aromatic carbocycles. The number of piperazine rings is 1. The van der Waals surface area contributed by atoms with Gasteiger partial charge in [0.25, 0.3) is 0 Å². The van der Waals surface area contributed by atoms with Crippen LogP contribution in [0.3, 0.4) is 0 Å². The van der Waals surface area contributed by atoms with Crippen LogP contribution in [-0.4, -0.2) is 47.1 Å². The largest absolute Gasteiger partial charge is 0.338 e. The molecule has 1 aliphatic rings. The Morgan fingerprint density at radius 1 is 1.29 bits per heavy atom. The van der Waals surface area contributed by atoms with Gasteiger partial charge in [0.15, 0.2) is 0 Å². The fourth-order valence-electron chi connectivity index (χ4n) is 2.12. The van der Waals surface area contributed by atoms with E-state index in [2.05, 4.69) is 32.8 Å². The minimum Gasteiger partial charge on any atom is -0.338 e. The molecule has 0 amide bonds. The highest BCUT2D eigenvalue weighted by molar-refractivity contribution is 5.29. The van der Waals surface area contributed by atoms with E-state index in [1.807, 2.05) is 6.07 Å². The molecule has 1 aliphatic heterocycles. The van der Waals surface area contributed by atoms with Crippen LogP contribution >= 0.6 is 0 Å². The van der Waals surface area contributed by atoms with Gasteiger partial charge < -0.3 is 4.90 Å². The Labute approximate surface area is 102 Å². The van der Waals surface area contributed by atoms with Gasteiger partial charge in [-0.25, -0.2) is 9.97 Å². The first-order chi connectivity index (χ1) is 8.35. The predicted molar refractivity (Wildman–Crippen MR) is 65.5 cm³/mol. The number of hydrogen-bond acceptors (Lipinski definition) is 5. The van der Waals surface area contributed by atoms with E-state index in [0.717, 1.165) is 38.5 Å². The summed E-state index contributed by atoms with van der Waals surface area (Å²) in [5, 5.41) is 9.03. The molecule has 2 heterocycles. The zero-order valence-electron chi connectivity index (χ0n) is 10.1. The number of rotatable bonds is 3. The molecule has 1 unspecified atom stereocenters. The first-order valence-corrected chi connectivity index (χ1v) is 6.00. The van der Waals surface area contributed by atoms with Crippen molar-refractivity contribution in [2.75, 3.05) is 31.1 Å². The van der Waals surface area contributed by atoms with Crippen molar-refractivity contribution in [1.82, 2.24) is 14.9 Å². The molecule has 17 heavy (non-hydrogen) atoms. The zero-order valence-corrected chi connectivity index (χ0v) is 10.1. The second-order valence-electron chi connectivity index (χ2n) is 4.12. The summed E-state index contributed by atoms with van der Waals surface area (Å²) < 4.78 is 0. The van der Waals surface area contributed by atoms with Gasteiger partial charge in [0.1, 0.15) is 0 Å². The normalized spacial score (nSPS) is 18.7. The Morgan fingerprint density at radius 2 is 1.94 bits per heavy atom. The number of nitrogens with zero attached hydrogens (tertiary/aromatic N) is 5. The lowest BCUT2D eigenvalue weighted by Gasteiger charge is -2.36. The smallest absolute Gasteiger partial charge is 0.225 e. The van der Waals surface area contributed by atoms with Crippen molar-refractivity contribution in [3.63, 3.8) is 0 Å². The molecule has 0 N–H and O–H groups in total. The van der Waals surface area contributed by atoms with Gasteiger partial charge in [-0.05, 0) is 12.5 Å². The fraction of sp³-hybridized carbons (Fsp3) is 0.583. The van der Waals surface area contributed by atoms with E-state index in [1.165, 1.54) is 0 Å². The maximum Gasteiger partial charge on any atom is 0.225 e. The number of anilines is 1. The van der Waals surface area contributed by atoms with Gasteiger partial charge in [0, 0.05) is 38.6 Å². The van der Waals surface area contributed by atoms with Gasteiger partial charge in [-0.3, -0.25) is 4.90 Å². The fourth-order valence-corrected chi connectivity index (χ4v) is 2.12. The van der Waals surface area contributed by atoms with Crippen LogP contribution in [0.1, 0.15) is 13.3 Å². The van der Waals surface area contributed by atoms with Gasteiger partial charge in [0.2, 0.25) is 5.95 Å². The minimum atomic E-state index is 0.0499. The first-order valence-electron chi connectivity index (χ1n) is 6.00.